The lowest BCUT2D eigenvalue weighted by atomic mass is 10.2. The molecule has 0 unspecified atom stereocenters. The number of hydrogen-bond acceptors (Lipinski definition) is 5. The van der Waals surface area contributed by atoms with Gasteiger partial charge in [-0.2, -0.15) is 0 Å². The van der Waals surface area contributed by atoms with Crippen molar-refractivity contribution in [3.8, 4) is 0 Å². The minimum absolute atomic E-state index is 0.0337. The van der Waals surface area contributed by atoms with Crippen molar-refractivity contribution in [3.63, 3.8) is 0 Å². The lowest BCUT2D eigenvalue weighted by molar-refractivity contribution is 0.102. The van der Waals surface area contributed by atoms with Gasteiger partial charge in [-0.3, -0.25) is 4.79 Å². The van der Waals surface area contributed by atoms with Crippen LogP contribution in [0, 0.1) is 17.5 Å². The molecular formula is C14H13F3N4O2. The van der Waals surface area contributed by atoms with Gasteiger partial charge in [0.15, 0.2) is 17.5 Å². The van der Waals surface area contributed by atoms with Crippen LogP contribution in [0.3, 0.4) is 0 Å². The monoisotopic (exact) mass is 326 g/mol. The van der Waals surface area contributed by atoms with E-state index in [0.29, 0.717) is 19.2 Å². The number of nitrogens with one attached hydrogen (secondary N) is 2. The van der Waals surface area contributed by atoms with Crippen LogP contribution in [0.1, 0.15) is 10.4 Å². The smallest absolute Gasteiger partial charge is 0.258 e. The van der Waals surface area contributed by atoms with Crippen molar-refractivity contribution in [2.45, 2.75) is 0 Å². The second-order valence-corrected chi connectivity index (χ2v) is 4.39. The lowest BCUT2D eigenvalue weighted by Crippen LogP contribution is -2.16. The summed E-state index contributed by atoms with van der Waals surface area (Å²) in [5.41, 5.74) is -0.442. The van der Waals surface area contributed by atoms with Crippen molar-refractivity contribution in [2.75, 3.05) is 30.9 Å². The van der Waals surface area contributed by atoms with E-state index in [9.17, 15) is 18.0 Å². The second kappa shape index (κ2) is 7.54. The number of carbonyl (C=O) groups is 1. The van der Waals surface area contributed by atoms with Gasteiger partial charge in [0.05, 0.1) is 17.9 Å². The first-order valence-corrected chi connectivity index (χ1v) is 6.52. The van der Waals surface area contributed by atoms with Crippen LogP contribution < -0.4 is 10.6 Å². The Morgan fingerprint density at radius 2 is 1.87 bits per heavy atom. The summed E-state index contributed by atoms with van der Waals surface area (Å²) in [7, 11) is 1.55. The van der Waals surface area contributed by atoms with Gasteiger partial charge in [0.2, 0.25) is 5.95 Å². The van der Waals surface area contributed by atoms with Crippen LogP contribution in [0.5, 0.6) is 0 Å². The van der Waals surface area contributed by atoms with Crippen molar-refractivity contribution < 1.29 is 22.7 Å². The van der Waals surface area contributed by atoms with Crippen LogP contribution >= 0.6 is 0 Å². The summed E-state index contributed by atoms with van der Waals surface area (Å²) < 4.78 is 44.3. The quantitative estimate of drug-likeness (QED) is 0.629. The number of aromatic nitrogens is 2. The Hall–Kier alpha value is -2.68. The van der Waals surface area contributed by atoms with Crippen molar-refractivity contribution in [1.29, 1.82) is 0 Å². The predicted molar refractivity (Wildman–Crippen MR) is 76.7 cm³/mol. The molecule has 23 heavy (non-hydrogen) atoms. The number of ether oxygens (including phenoxy) is 1. The molecule has 2 aromatic rings. The maximum Gasteiger partial charge on any atom is 0.258 e. The topological polar surface area (TPSA) is 76.1 Å². The van der Waals surface area contributed by atoms with Crippen LogP contribution in [0.25, 0.3) is 0 Å². The molecule has 1 aromatic heterocycles. The van der Waals surface area contributed by atoms with Gasteiger partial charge >= 0.3 is 0 Å². The summed E-state index contributed by atoms with van der Waals surface area (Å²) in [5, 5.41) is 4.98. The number of amides is 1. The minimum atomic E-state index is -1.66. The zero-order valence-electron chi connectivity index (χ0n) is 12.1. The first kappa shape index (κ1) is 16.7. The number of anilines is 2. The Labute approximate surface area is 129 Å². The van der Waals surface area contributed by atoms with Gasteiger partial charge in [0, 0.05) is 26.0 Å². The van der Waals surface area contributed by atoms with Crippen molar-refractivity contribution in [2.24, 2.45) is 0 Å². The molecule has 0 saturated heterocycles. The number of hydrogen-bond donors (Lipinski definition) is 2. The third-order valence-electron chi connectivity index (χ3n) is 2.79. The molecule has 0 aliphatic rings. The Balaban J connectivity index is 2.05. The van der Waals surface area contributed by atoms with Crippen LogP contribution in [0.4, 0.5) is 24.8 Å². The maximum absolute atomic E-state index is 13.5. The van der Waals surface area contributed by atoms with E-state index in [1.807, 2.05) is 0 Å². The molecule has 0 saturated carbocycles. The molecule has 0 radical (unpaired) electrons. The Morgan fingerprint density at radius 1 is 1.17 bits per heavy atom. The zero-order chi connectivity index (χ0) is 16.8. The number of benzene rings is 1. The molecule has 1 heterocycles. The predicted octanol–water partition coefficient (Wildman–Crippen LogP) is 2.20. The number of carbonyl (C=O) groups excluding carboxylic acids is 1. The molecule has 6 nitrogen and oxygen atoms in total. The summed E-state index contributed by atoms with van der Waals surface area (Å²) in [5.74, 6) is -4.93. The molecule has 1 aromatic carbocycles. The summed E-state index contributed by atoms with van der Waals surface area (Å²) >= 11 is 0. The minimum Gasteiger partial charge on any atom is -0.383 e. The number of halogens is 3. The van der Waals surface area contributed by atoms with Crippen LogP contribution in [0.2, 0.25) is 0 Å². The first-order chi connectivity index (χ1) is 11.0. The van der Waals surface area contributed by atoms with Crippen molar-refractivity contribution in [1.82, 2.24) is 9.97 Å². The molecular weight excluding hydrogens is 313 g/mol. The molecule has 0 spiro atoms. The molecule has 0 atom stereocenters. The van der Waals surface area contributed by atoms with Crippen LogP contribution in [0.15, 0.2) is 24.5 Å². The average molecular weight is 326 g/mol. The fourth-order valence-electron chi connectivity index (χ4n) is 1.62. The van der Waals surface area contributed by atoms with Gasteiger partial charge in [-0.15, -0.1) is 0 Å². The largest absolute Gasteiger partial charge is 0.383 e. The highest BCUT2D eigenvalue weighted by atomic mass is 19.2. The number of methoxy groups -OCH3 is 1. The molecule has 0 fully saturated rings. The normalized spacial score (nSPS) is 10.4. The lowest BCUT2D eigenvalue weighted by Gasteiger charge is -2.08. The van der Waals surface area contributed by atoms with Gasteiger partial charge in [0.25, 0.3) is 5.91 Å². The average Bonchev–Trinajstić information content (AvgIpc) is 2.56. The van der Waals surface area contributed by atoms with Crippen molar-refractivity contribution >= 4 is 17.5 Å². The molecule has 0 bridgehead atoms. The summed E-state index contributed by atoms with van der Waals surface area (Å²) in [6, 6.07) is 1.64. The molecule has 0 aliphatic carbocycles. The van der Waals surface area contributed by atoms with Crippen molar-refractivity contribution in [3.05, 3.63) is 47.5 Å². The molecule has 2 N–H and O–H groups in total. The van der Waals surface area contributed by atoms with Gasteiger partial charge in [-0.25, -0.2) is 23.1 Å². The first-order valence-electron chi connectivity index (χ1n) is 6.52. The SMILES string of the molecule is COCCNc1ncc(C(=O)Nc2ccc(F)c(F)c2F)cn1. The number of rotatable bonds is 6. The van der Waals surface area contributed by atoms with E-state index in [1.54, 1.807) is 7.11 Å². The van der Waals surface area contributed by atoms with E-state index in [-0.39, 0.29) is 11.5 Å². The molecule has 2 rings (SSSR count). The molecule has 9 heteroatoms. The maximum atomic E-state index is 13.5. The highest BCUT2D eigenvalue weighted by molar-refractivity contribution is 6.03. The van der Waals surface area contributed by atoms with Gasteiger partial charge in [-0.05, 0) is 12.1 Å². The van der Waals surface area contributed by atoms with E-state index in [0.717, 1.165) is 6.07 Å². The Morgan fingerprint density at radius 3 is 2.52 bits per heavy atom. The third-order valence-corrected chi connectivity index (χ3v) is 2.79. The zero-order valence-corrected chi connectivity index (χ0v) is 12.1. The van der Waals surface area contributed by atoms with Crippen LogP contribution in [-0.4, -0.2) is 36.1 Å². The fourth-order valence-corrected chi connectivity index (χ4v) is 1.62. The highest BCUT2D eigenvalue weighted by Gasteiger charge is 2.16. The van der Waals surface area contributed by atoms with E-state index < -0.39 is 29.0 Å². The van der Waals surface area contributed by atoms with Crippen LogP contribution in [-0.2, 0) is 4.74 Å². The highest BCUT2D eigenvalue weighted by Crippen LogP contribution is 2.20. The summed E-state index contributed by atoms with van der Waals surface area (Å²) in [6.07, 6.45) is 2.44. The molecule has 0 aliphatic heterocycles. The molecule has 122 valence electrons. The summed E-state index contributed by atoms with van der Waals surface area (Å²) in [6.45, 7) is 0.948. The van der Waals surface area contributed by atoms with Gasteiger partial charge in [0.1, 0.15) is 0 Å². The van der Waals surface area contributed by atoms with E-state index in [1.165, 1.54) is 12.4 Å². The Bertz CT molecular complexity index is 695. The van der Waals surface area contributed by atoms with Gasteiger partial charge in [-0.1, -0.05) is 0 Å². The standard InChI is InChI=1S/C14H13F3N4O2/c1-23-5-4-18-14-19-6-8(7-20-14)13(22)21-10-3-2-9(15)11(16)12(10)17/h2-3,6-7H,4-5H2,1H3,(H,21,22)(H,18,19,20). The van der Waals surface area contributed by atoms with Gasteiger partial charge < -0.3 is 15.4 Å². The summed E-state index contributed by atoms with van der Waals surface area (Å²) in [4.78, 5) is 19.7. The fraction of sp³-hybridized carbons (Fsp3) is 0.214. The Kier molecular flexibility index (Phi) is 5.47. The third kappa shape index (κ3) is 4.16. The van der Waals surface area contributed by atoms with E-state index >= 15 is 0 Å². The number of nitrogens with zero attached hydrogens (tertiary/aromatic N) is 2. The van der Waals surface area contributed by atoms with E-state index in [4.69, 9.17) is 4.74 Å². The second-order valence-electron chi connectivity index (χ2n) is 4.39. The van der Waals surface area contributed by atoms with E-state index in [2.05, 4.69) is 20.6 Å². The molecule has 1 amide bonds.